The summed E-state index contributed by atoms with van der Waals surface area (Å²) < 4.78 is 12.1. The van der Waals surface area contributed by atoms with Gasteiger partial charge in [0.25, 0.3) is 0 Å². The van der Waals surface area contributed by atoms with Crippen molar-refractivity contribution < 1.29 is 9.47 Å². The number of hydrogen-bond acceptors (Lipinski definition) is 2. The van der Waals surface area contributed by atoms with Crippen LogP contribution in [-0.4, -0.2) is 24.7 Å². The summed E-state index contributed by atoms with van der Waals surface area (Å²) in [6, 6.07) is 11.1. The van der Waals surface area contributed by atoms with E-state index in [1.165, 1.54) is 40.0 Å². The summed E-state index contributed by atoms with van der Waals surface area (Å²) in [7, 11) is 0.392. The van der Waals surface area contributed by atoms with Gasteiger partial charge in [0, 0.05) is 21.7 Å². The van der Waals surface area contributed by atoms with Crippen molar-refractivity contribution in [3.8, 4) is 11.5 Å². The number of benzene rings is 2. The van der Waals surface area contributed by atoms with E-state index in [1.807, 2.05) is 0 Å². The normalized spacial score (nSPS) is 15.0. The fourth-order valence-electron chi connectivity index (χ4n) is 3.28. The molecule has 0 bridgehead atoms. The predicted molar refractivity (Wildman–Crippen MR) is 109 cm³/mol. The van der Waals surface area contributed by atoms with Crippen LogP contribution in [0.4, 0.5) is 0 Å². The summed E-state index contributed by atoms with van der Waals surface area (Å²) >= 11 is 0. The average Bonchev–Trinajstić information content (AvgIpc) is 3.16. The van der Waals surface area contributed by atoms with Crippen LogP contribution >= 0.6 is 0 Å². The van der Waals surface area contributed by atoms with Gasteiger partial charge in [-0.2, -0.15) is 0 Å². The summed E-state index contributed by atoms with van der Waals surface area (Å²) in [6.07, 6.45) is 7.27. The SMILES string of the molecule is CCCCOc1ccc2c(OCCCC)ccc([S+]3CCCC3)c2c1. The lowest BCUT2D eigenvalue weighted by atomic mass is 10.1. The van der Waals surface area contributed by atoms with Crippen molar-refractivity contribution in [3.63, 3.8) is 0 Å². The molecule has 0 saturated carbocycles. The Hall–Kier alpha value is -1.35. The molecule has 0 atom stereocenters. The Morgan fingerprint density at radius 3 is 2.28 bits per heavy atom. The van der Waals surface area contributed by atoms with Crippen LogP contribution in [-0.2, 0) is 10.9 Å². The summed E-state index contributed by atoms with van der Waals surface area (Å²) in [6.45, 7) is 6.00. The molecular formula is C22H31O2S+. The Morgan fingerprint density at radius 2 is 1.56 bits per heavy atom. The van der Waals surface area contributed by atoms with Gasteiger partial charge in [-0.1, -0.05) is 26.7 Å². The Balaban J connectivity index is 1.93. The molecule has 1 fully saturated rings. The minimum atomic E-state index is 0.392. The third-order valence-electron chi connectivity index (χ3n) is 4.77. The molecule has 2 nitrogen and oxygen atoms in total. The highest BCUT2D eigenvalue weighted by atomic mass is 32.2. The van der Waals surface area contributed by atoms with Crippen LogP contribution < -0.4 is 9.47 Å². The zero-order chi connectivity index (χ0) is 17.5. The van der Waals surface area contributed by atoms with E-state index in [9.17, 15) is 0 Å². The number of hydrogen-bond donors (Lipinski definition) is 0. The molecular weight excluding hydrogens is 328 g/mol. The van der Waals surface area contributed by atoms with Crippen molar-refractivity contribution in [2.75, 3.05) is 24.7 Å². The van der Waals surface area contributed by atoms with E-state index < -0.39 is 0 Å². The first-order valence-corrected chi connectivity index (χ1v) is 11.4. The van der Waals surface area contributed by atoms with Gasteiger partial charge in [0.05, 0.1) is 13.2 Å². The predicted octanol–water partition coefficient (Wildman–Crippen LogP) is 5.97. The van der Waals surface area contributed by atoms with Gasteiger partial charge in [-0.05, 0) is 56.0 Å². The van der Waals surface area contributed by atoms with Crippen molar-refractivity contribution in [2.45, 2.75) is 57.3 Å². The fraction of sp³-hybridized carbons (Fsp3) is 0.545. The Labute approximate surface area is 155 Å². The van der Waals surface area contributed by atoms with Crippen LogP contribution in [0.25, 0.3) is 10.8 Å². The summed E-state index contributed by atoms with van der Waals surface area (Å²) in [5.74, 6) is 4.70. The van der Waals surface area contributed by atoms with Crippen LogP contribution in [0.1, 0.15) is 52.4 Å². The lowest BCUT2D eigenvalue weighted by molar-refractivity contribution is 0.309. The first-order chi connectivity index (χ1) is 12.3. The molecule has 0 amide bonds. The average molecular weight is 360 g/mol. The molecule has 0 unspecified atom stereocenters. The minimum Gasteiger partial charge on any atom is -0.494 e. The number of ether oxygens (including phenoxy) is 2. The number of fused-ring (bicyclic) bond motifs is 1. The van der Waals surface area contributed by atoms with Crippen molar-refractivity contribution in [1.29, 1.82) is 0 Å². The maximum absolute atomic E-state index is 6.08. The van der Waals surface area contributed by atoms with Gasteiger partial charge >= 0.3 is 0 Å². The largest absolute Gasteiger partial charge is 0.494 e. The van der Waals surface area contributed by atoms with Crippen LogP contribution in [0.2, 0.25) is 0 Å². The van der Waals surface area contributed by atoms with Crippen molar-refractivity contribution in [2.24, 2.45) is 0 Å². The monoisotopic (exact) mass is 359 g/mol. The third-order valence-corrected chi connectivity index (χ3v) is 7.31. The third kappa shape index (κ3) is 4.63. The standard InChI is InChI=1S/C22H31O2S/c1-3-5-13-23-18-9-10-19-20(17-18)22(25-15-7-8-16-25)12-11-21(19)24-14-6-4-2/h9-12,17H,3-8,13-16H2,1-2H3/q+1. The number of rotatable bonds is 9. The highest BCUT2D eigenvalue weighted by Crippen LogP contribution is 2.36. The van der Waals surface area contributed by atoms with E-state index in [1.54, 1.807) is 0 Å². The Kier molecular flexibility index (Phi) is 6.92. The molecule has 1 heterocycles. The summed E-state index contributed by atoms with van der Waals surface area (Å²) in [5.41, 5.74) is 0. The van der Waals surface area contributed by atoms with Crippen molar-refractivity contribution in [1.82, 2.24) is 0 Å². The lowest BCUT2D eigenvalue weighted by Crippen LogP contribution is -2.06. The van der Waals surface area contributed by atoms with Crippen LogP contribution in [0.5, 0.6) is 11.5 Å². The second-order valence-electron chi connectivity index (χ2n) is 6.78. The highest BCUT2D eigenvalue weighted by Gasteiger charge is 2.29. The van der Waals surface area contributed by atoms with Gasteiger partial charge < -0.3 is 9.47 Å². The zero-order valence-electron chi connectivity index (χ0n) is 15.7. The van der Waals surface area contributed by atoms with Gasteiger partial charge in [-0.3, -0.25) is 0 Å². The molecule has 0 N–H and O–H groups in total. The maximum Gasteiger partial charge on any atom is 0.163 e. The van der Waals surface area contributed by atoms with Crippen LogP contribution in [0, 0.1) is 0 Å². The molecule has 1 aliphatic heterocycles. The molecule has 0 spiro atoms. The molecule has 0 aromatic heterocycles. The van der Waals surface area contributed by atoms with E-state index >= 15 is 0 Å². The lowest BCUT2D eigenvalue weighted by Gasteiger charge is -2.13. The van der Waals surface area contributed by atoms with Crippen LogP contribution in [0.15, 0.2) is 35.2 Å². The molecule has 3 heteroatoms. The summed E-state index contributed by atoms with van der Waals surface area (Å²) in [4.78, 5) is 1.51. The minimum absolute atomic E-state index is 0.392. The molecule has 136 valence electrons. The zero-order valence-corrected chi connectivity index (χ0v) is 16.5. The Morgan fingerprint density at radius 1 is 0.840 bits per heavy atom. The van der Waals surface area contributed by atoms with Gasteiger partial charge in [0.1, 0.15) is 23.0 Å². The molecule has 0 radical (unpaired) electrons. The first kappa shape index (κ1) is 18.4. The van der Waals surface area contributed by atoms with E-state index in [0.29, 0.717) is 10.9 Å². The fourth-order valence-corrected chi connectivity index (χ4v) is 5.77. The Bertz CT molecular complexity index is 677. The van der Waals surface area contributed by atoms with Gasteiger partial charge in [0.2, 0.25) is 0 Å². The molecule has 2 aromatic rings. The van der Waals surface area contributed by atoms with E-state index in [4.69, 9.17) is 9.47 Å². The second kappa shape index (κ2) is 9.38. The quantitative estimate of drug-likeness (QED) is 0.406. The van der Waals surface area contributed by atoms with E-state index in [0.717, 1.165) is 50.4 Å². The van der Waals surface area contributed by atoms with Crippen LogP contribution in [0.3, 0.4) is 0 Å². The van der Waals surface area contributed by atoms with E-state index in [-0.39, 0.29) is 0 Å². The molecule has 3 rings (SSSR count). The van der Waals surface area contributed by atoms with Crippen molar-refractivity contribution >= 4 is 21.7 Å². The van der Waals surface area contributed by atoms with Gasteiger partial charge in [-0.15, -0.1) is 0 Å². The van der Waals surface area contributed by atoms with Crippen molar-refractivity contribution in [3.05, 3.63) is 30.3 Å². The van der Waals surface area contributed by atoms with Gasteiger partial charge in [0.15, 0.2) is 4.90 Å². The van der Waals surface area contributed by atoms with Gasteiger partial charge in [-0.25, -0.2) is 0 Å². The second-order valence-corrected chi connectivity index (χ2v) is 9.02. The molecule has 0 aliphatic carbocycles. The maximum atomic E-state index is 6.08. The molecule has 2 aromatic carbocycles. The molecule has 1 aliphatic rings. The topological polar surface area (TPSA) is 18.5 Å². The molecule has 1 saturated heterocycles. The van der Waals surface area contributed by atoms with E-state index in [2.05, 4.69) is 44.2 Å². The first-order valence-electron chi connectivity index (χ1n) is 9.83. The molecule has 25 heavy (non-hydrogen) atoms. The number of unbranched alkanes of at least 4 members (excludes halogenated alkanes) is 2. The summed E-state index contributed by atoms with van der Waals surface area (Å²) in [5, 5.41) is 2.59. The smallest absolute Gasteiger partial charge is 0.163 e. The highest BCUT2D eigenvalue weighted by molar-refractivity contribution is 7.97.